The van der Waals surface area contributed by atoms with Gasteiger partial charge in [-0.1, -0.05) is 65.6 Å². The largest absolute Gasteiger partial charge is 0.492 e. The van der Waals surface area contributed by atoms with Gasteiger partial charge in [0.05, 0.1) is 11.4 Å². The first-order chi connectivity index (χ1) is 9.49. The highest BCUT2D eigenvalue weighted by atomic mass is 79.9. The van der Waals surface area contributed by atoms with Gasteiger partial charge in [-0.2, -0.15) is 0 Å². The molecule has 0 fully saturated rings. The molecular formula is C17H16BrClO. The van der Waals surface area contributed by atoms with Gasteiger partial charge in [0, 0.05) is 16.0 Å². The van der Waals surface area contributed by atoms with Crippen LogP contribution in [0.2, 0.25) is 5.02 Å². The summed E-state index contributed by atoms with van der Waals surface area (Å²) < 4.78 is 5.74. The van der Waals surface area contributed by atoms with E-state index in [2.05, 4.69) is 54.0 Å². The van der Waals surface area contributed by atoms with E-state index in [1.165, 1.54) is 11.1 Å². The van der Waals surface area contributed by atoms with Crippen LogP contribution < -0.4 is 4.74 Å². The van der Waals surface area contributed by atoms with Crippen molar-refractivity contribution in [3.05, 3.63) is 64.2 Å². The first kappa shape index (κ1) is 14.0. The molecular weight excluding hydrogens is 336 g/mol. The zero-order chi connectivity index (χ0) is 14.3. The van der Waals surface area contributed by atoms with E-state index in [-0.39, 0.29) is 10.2 Å². The van der Waals surface area contributed by atoms with E-state index in [1.807, 2.05) is 18.2 Å². The van der Waals surface area contributed by atoms with E-state index in [0.717, 1.165) is 22.9 Å². The lowest BCUT2D eigenvalue weighted by molar-refractivity contribution is 0.291. The standard InChI is InChI=1S/C17H16BrClO/c1-17(2)10-20-15-8-7-11(9-13(15)17)16(18)12-5-3-4-6-14(12)19/h3-9,16H,10H2,1-2H3. The van der Waals surface area contributed by atoms with Gasteiger partial charge in [-0.15, -0.1) is 0 Å². The Morgan fingerprint density at radius 3 is 2.70 bits per heavy atom. The highest BCUT2D eigenvalue weighted by Gasteiger charge is 2.32. The summed E-state index contributed by atoms with van der Waals surface area (Å²) in [4.78, 5) is 0.0953. The molecule has 3 heteroatoms. The molecule has 2 aromatic rings. The molecule has 1 atom stereocenters. The van der Waals surface area contributed by atoms with Crippen LogP contribution >= 0.6 is 27.5 Å². The molecule has 3 rings (SSSR count). The number of rotatable bonds is 2. The van der Waals surface area contributed by atoms with Crippen molar-refractivity contribution in [3.8, 4) is 5.75 Å². The van der Waals surface area contributed by atoms with E-state index in [1.54, 1.807) is 0 Å². The fraction of sp³-hybridized carbons (Fsp3) is 0.294. The molecule has 0 saturated carbocycles. The van der Waals surface area contributed by atoms with Gasteiger partial charge < -0.3 is 4.74 Å². The maximum Gasteiger partial charge on any atom is 0.123 e. The molecule has 20 heavy (non-hydrogen) atoms. The van der Waals surface area contributed by atoms with E-state index in [9.17, 15) is 0 Å². The summed E-state index contributed by atoms with van der Waals surface area (Å²) in [6.07, 6.45) is 0. The Bertz CT molecular complexity index is 651. The normalized spacial score (nSPS) is 17.4. The minimum Gasteiger partial charge on any atom is -0.492 e. The van der Waals surface area contributed by atoms with Gasteiger partial charge in [-0.3, -0.25) is 0 Å². The van der Waals surface area contributed by atoms with Crippen molar-refractivity contribution in [1.82, 2.24) is 0 Å². The van der Waals surface area contributed by atoms with Gasteiger partial charge in [0.15, 0.2) is 0 Å². The van der Waals surface area contributed by atoms with Crippen LogP contribution in [-0.2, 0) is 5.41 Å². The Hall–Kier alpha value is -0.990. The van der Waals surface area contributed by atoms with Gasteiger partial charge in [0.1, 0.15) is 5.75 Å². The molecule has 0 amide bonds. The molecule has 2 aromatic carbocycles. The zero-order valence-corrected chi connectivity index (χ0v) is 13.8. The van der Waals surface area contributed by atoms with Crippen LogP contribution in [0.5, 0.6) is 5.75 Å². The number of benzene rings is 2. The molecule has 0 saturated heterocycles. The molecule has 1 aliphatic heterocycles. The third-order valence-corrected chi connectivity index (χ3v) is 5.16. The highest BCUT2D eigenvalue weighted by Crippen LogP contribution is 2.42. The van der Waals surface area contributed by atoms with Crippen molar-refractivity contribution in [3.63, 3.8) is 0 Å². The third-order valence-electron chi connectivity index (χ3n) is 3.79. The Balaban J connectivity index is 2.02. The molecule has 0 aromatic heterocycles. The molecule has 0 N–H and O–H groups in total. The van der Waals surface area contributed by atoms with Crippen molar-refractivity contribution in [2.45, 2.75) is 24.1 Å². The molecule has 0 radical (unpaired) electrons. The van der Waals surface area contributed by atoms with E-state index in [4.69, 9.17) is 16.3 Å². The summed E-state index contributed by atoms with van der Waals surface area (Å²) in [5, 5.41) is 0.783. The third kappa shape index (κ3) is 2.36. The van der Waals surface area contributed by atoms with Gasteiger partial charge >= 0.3 is 0 Å². The maximum atomic E-state index is 6.29. The van der Waals surface area contributed by atoms with Crippen molar-refractivity contribution < 1.29 is 4.74 Å². The van der Waals surface area contributed by atoms with Gasteiger partial charge in [0.25, 0.3) is 0 Å². The fourth-order valence-corrected chi connectivity index (χ4v) is 3.62. The van der Waals surface area contributed by atoms with Gasteiger partial charge in [-0.05, 0) is 29.3 Å². The number of hydrogen-bond acceptors (Lipinski definition) is 1. The number of halogens is 2. The fourth-order valence-electron chi connectivity index (χ4n) is 2.56. The number of alkyl halides is 1. The second-order valence-corrected chi connectivity index (χ2v) is 7.14. The predicted molar refractivity (Wildman–Crippen MR) is 87.2 cm³/mol. The number of ether oxygens (including phenoxy) is 1. The molecule has 1 aliphatic rings. The van der Waals surface area contributed by atoms with Crippen LogP contribution in [0.4, 0.5) is 0 Å². The van der Waals surface area contributed by atoms with Gasteiger partial charge in [-0.25, -0.2) is 0 Å². The topological polar surface area (TPSA) is 9.23 Å². The monoisotopic (exact) mass is 350 g/mol. The predicted octanol–water partition coefficient (Wildman–Crippen LogP) is 5.49. The van der Waals surface area contributed by atoms with E-state index < -0.39 is 0 Å². The molecule has 0 aliphatic carbocycles. The van der Waals surface area contributed by atoms with E-state index in [0.29, 0.717) is 0 Å². The summed E-state index contributed by atoms with van der Waals surface area (Å²) in [6.45, 7) is 5.16. The molecule has 1 heterocycles. The minimum atomic E-state index is 0.0680. The average molecular weight is 352 g/mol. The Morgan fingerprint density at radius 1 is 1.20 bits per heavy atom. The van der Waals surface area contributed by atoms with Crippen LogP contribution in [0, 0.1) is 0 Å². The molecule has 104 valence electrons. The molecule has 0 bridgehead atoms. The van der Waals surface area contributed by atoms with Crippen molar-refractivity contribution in [2.75, 3.05) is 6.61 Å². The lowest BCUT2D eigenvalue weighted by Gasteiger charge is -2.18. The summed E-state index contributed by atoms with van der Waals surface area (Å²) >= 11 is 10.1. The average Bonchev–Trinajstić information content (AvgIpc) is 2.74. The van der Waals surface area contributed by atoms with Gasteiger partial charge in [0.2, 0.25) is 0 Å². The molecule has 1 nitrogen and oxygen atoms in total. The lowest BCUT2D eigenvalue weighted by atomic mass is 9.85. The Kier molecular flexibility index (Phi) is 3.55. The Labute approximate surface area is 133 Å². The second kappa shape index (κ2) is 5.09. The van der Waals surface area contributed by atoms with Crippen molar-refractivity contribution >= 4 is 27.5 Å². The summed E-state index contributed by atoms with van der Waals surface area (Å²) in [6, 6.07) is 14.3. The number of fused-ring (bicyclic) bond motifs is 1. The summed E-state index contributed by atoms with van der Waals surface area (Å²) in [7, 11) is 0. The van der Waals surface area contributed by atoms with Crippen LogP contribution in [0.25, 0.3) is 0 Å². The second-order valence-electron chi connectivity index (χ2n) is 5.81. The smallest absolute Gasteiger partial charge is 0.123 e. The summed E-state index contributed by atoms with van der Waals surface area (Å²) in [5.74, 6) is 0.998. The van der Waals surface area contributed by atoms with Crippen molar-refractivity contribution in [2.24, 2.45) is 0 Å². The zero-order valence-electron chi connectivity index (χ0n) is 11.5. The first-order valence-corrected chi connectivity index (χ1v) is 7.94. The quantitative estimate of drug-likeness (QED) is 0.650. The maximum absolute atomic E-state index is 6.29. The SMILES string of the molecule is CC1(C)COc2ccc(C(Br)c3ccccc3Cl)cc21. The number of hydrogen-bond donors (Lipinski definition) is 0. The van der Waals surface area contributed by atoms with Crippen LogP contribution in [0.15, 0.2) is 42.5 Å². The molecule has 0 spiro atoms. The van der Waals surface area contributed by atoms with Crippen molar-refractivity contribution in [1.29, 1.82) is 0 Å². The lowest BCUT2D eigenvalue weighted by Crippen LogP contribution is -2.18. The van der Waals surface area contributed by atoms with Crippen LogP contribution in [0.1, 0.15) is 35.4 Å². The highest BCUT2D eigenvalue weighted by molar-refractivity contribution is 9.09. The summed E-state index contributed by atoms with van der Waals surface area (Å²) in [5.41, 5.74) is 3.63. The first-order valence-electron chi connectivity index (χ1n) is 6.65. The van der Waals surface area contributed by atoms with Crippen LogP contribution in [-0.4, -0.2) is 6.61 Å². The Morgan fingerprint density at radius 2 is 1.95 bits per heavy atom. The minimum absolute atomic E-state index is 0.0680. The van der Waals surface area contributed by atoms with E-state index >= 15 is 0 Å². The molecule has 1 unspecified atom stereocenters. The van der Waals surface area contributed by atoms with Crippen LogP contribution in [0.3, 0.4) is 0 Å².